The Labute approximate surface area is 91.9 Å². The highest BCUT2D eigenvalue weighted by molar-refractivity contribution is 9.15. The number of ether oxygens (including phenoxy) is 1. The molecule has 0 bridgehead atoms. The van der Waals surface area contributed by atoms with Crippen molar-refractivity contribution in [1.82, 2.24) is 0 Å². The van der Waals surface area contributed by atoms with Gasteiger partial charge in [-0.25, -0.2) is 0 Å². The van der Waals surface area contributed by atoms with Crippen LogP contribution in [0.2, 0.25) is 0 Å². The van der Waals surface area contributed by atoms with Crippen LogP contribution < -0.4 is 4.74 Å². The molecule has 0 heterocycles. The molecule has 0 N–H and O–H groups in total. The quantitative estimate of drug-likeness (QED) is 0.773. The number of allylic oxidation sites excluding steroid dienone is 1. The second-order valence-corrected chi connectivity index (χ2v) is 3.43. The minimum atomic E-state index is 0.661. The van der Waals surface area contributed by atoms with Gasteiger partial charge in [-0.05, 0) is 40.5 Å². The molecule has 14 heavy (non-hydrogen) atoms. The predicted molar refractivity (Wildman–Crippen MR) is 60.1 cm³/mol. The fraction of sp³-hybridized carbons (Fsp3) is 0.182. The summed E-state index contributed by atoms with van der Waals surface area (Å²) in [5.74, 6) is 0.841. The van der Waals surface area contributed by atoms with Gasteiger partial charge in [0, 0.05) is 10.6 Å². The first kappa shape index (κ1) is 10.8. The zero-order valence-corrected chi connectivity index (χ0v) is 9.41. The Bertz CT molecular complexity index is 362. The van der Waals surface area contributed by atoms with Gasteiger partial charge in [-0.3, -0.25) is 0 Å². The monoisotopic (exact) mass is 251 g/mol. The lowest BCUT2D eigenvalue weighted by molar-refractivity contribution is 0.340. The first-order valence-corrected chi connectivity index (χ1v) is 5.05. The van der Waals surface area contributed by atoms with Crippen molar-refractivity contribution in [1.29, 1.82) is 5.26 Å². The molecule has 0 spiro atoms. The minimum absolute atomic E-state index is 0.661. The van der Waals surface area contributed by atoms with E-state index in [4.69, 9.17) is 10.00 Å². The van der Waals surface area contributed by atoms with Crippen molar-refractivity contribution in [2.24, 2.45) is 0 Å². The van der Waals surface area contributed by atoms with Gasteiger partial charge >= 0.3 is 0 Å². The predicted octanol–water partition coefficient (Wildman–Crippen LogP) is 3.34. The SMILES string of the molecule is CCOc1ccc(/C(Br)=C/C#N)cc1. The highest BCUT2D eigenvalue weighted by atomic mass is 79.9. The van der Waals surface area contributed by atoms with Crippen LogP contribution >= 0.6 is 15.9 Å². The first-order chi connectivity index (χ1) is 6.77. The van der Waals surface area contributed by atoms with Crippen LogP contribution in [0.5, 0.6) is 5.75 Å². The lowest BCUT2D eigenvalue weighted by Crippen LogP contribution is -1.90. The molecule has 0 aromatic heterocycles. The first-order valence-electron chi connectivity index (χ1n) is 4.26. The maximum absolute atomic E-state index is 8.46. The number of nitriles is 1. The van der Waals surface area contributed by atoms with Crippen LogP contribution in [0.3, 0.4) is 0 Å². The Hall–Kier alpha value is -1.27. The van der Waals surface area contributed by atoms with E-state index in [1.54, 1.807) is 0 Å². The molecule has 0 atom stereocenters. The highest BCUT2D eigenvalue weighted by Gasteiger charge is 1.97. The molecule has 1 aromatic carbocycles. The Morgan fingerprint density at radius 1 is 1.50 bits per heavy atom. The van der Waals surface area contributed by atoms with E-state index >= 15 is 0 Å². The van der Waals surface area contributed by atoms with Gasteiger partial charge in [0.05, 0.1) is 12.7 Å². The molecule has 3 heteroatoms. The number of hydrogen-bond acceptors (Lipinski definition) is 2. The van der Waals surface area contributed by atoms with Crippen LogP contribution in [0.4, 0.5) is 0 Å². The Kier molecular flexibility index (Phi) is 4.21. The molecule has 2 nitrogen and oxygen atoms in total. The summed E-state index contributed by atoms with van der Waals surface area (Å²) >= 11 is 3.31. The molecule has 0 radical (unpaired) electrons. The standard InChI is InChI=1S/C11H10BrNO/c1-2-14-10-5-3-9(4-6-10)11(12)7-8-13/h3-7H,2H2,1H3/b11-7-. The summed E-state index contributed by atoms with van der Waals surface area (Å²) in [6.07, 6.45) is 1.45. The average Bonchev–Trinajstić information content (AvgIpc) is 2.20. The van der Waals surface area contributed by atoms with E-state index < -0.39 is 0 Å². The third-order valence-corrected chi connectivity index (χ3v) is 2.32. The summed E-state index contributed by atoms with van der Waals surface area (Å²) in [4.78, 5) is 0. The lowest BCUT2D eigenvalue weighted by atomic mass is 10.2. The molecule has 0 aliphatic heterocycles. The van der Waals surface area contributed by atoms with Crippen LogP contribution in [0.1, 0.15) is 12.5 Å². The second-order valence-electron chi connectivity index (χ2n) is 2.58. The molecule has 0 unspecified atom stereocenters. The summed E-state index contributed by atoms with van der Waals surface area (Å²) in [5, 5.41) is 8.46. The third kappa shape index (κ3) is 2.90. The van der Waals surface area contributed by atoms with Crippen molar-refractivity contribution in [2.45, 2.75) is 6.92 Å². The van der Waals surface area contributed by atoms with Crippen molar-refractivity contribution in [3.63, 3.8) is 0 Å². The maximum Gasteiger partial charge on any atom is 0.119 e. The Balaban J connectivity index is 2.84. The van der Waals surface area contributed by atoms with E-state index in [0.717, 1.165) is 15.8 Å². The fourth-order valence-corrected chi connectivity index (χ4v) is 1.38. The highest BCUT2D eigenvalue weighted by Crippen LogP contribution is 2.23. The van der Waals surface area contributed by atoms with E-state index in [1.165, 1.54) is 6.08 Å². The van der Waals surface area contributed by atoms with Gasteiger partial charge in [0.25, 0.3) is 0 Å². The van der Waals surface area contributed by atoms with E-state index in [-0.39, 0.29) is 0 Å². The Morgan fingerprint density at radius 2 is 2.14 bits per heavy atom. The van der Waals surface area contributed by atoms with Crippen LogP contribution in [0.15, 0.2) is 30.3 Å². The summed E-state index contributed by atoms with van der Waals surface area (Å²) in [7, 11) is 0. The van der Waals surface area contributed by atoms with Crippen LogP contribution in [0.25, 0.3) is 4.48 Å². The van der Waals surface area contributed by atoms with Crippen molar-refractivity contribution in [3.05, 3.63) is 35.9 Å². The van der Waals surface area contributed by atoms with Crippen LogP contribution in [0, 0.1) is 11.3 Å². The molecule has 0 saturated carbocycles. The maximum atomic E-state index is 8.46. The lowest BCUT2D eigenvalue weighted by Gasteiger charge is -2.03. The van der Waals surface area contributed by atoms with Gasteiger partial charge in [-0.1, -0.05) is 12.1 Å². The largest absolute Gasteiger partial charge is 0.494 e. The molecule has 0 saturated heterocycles. The minimum Gasteiger partial charge on any atom is -0.494 e. The van der Waals surface area contributed by atoms with E-state index in [1.807, 2.05) is 37.3 Å². The number of halogens is 1. The van der Waals surface area contributed by atoms with E-state index in [2.05, 4.69) is 15.9 Å². The third-order valence-electron chi connectivity index (χ3n) is 1.63. The van der Waals surface area contributed by atoms with Crippen LogP contribution in [-0.4, -0.2) is 6.61 Å². The molecule has 1 rings (SSSR count). The smallest absolute Gasteiger partial charge is 0.119 e. The molecule has 0 fully saturated rings. The van der Waals surface area contributed by atoms with Gasteiger partial charge in [0.1, 0.15) is 5.75 Å². The fourth-order valence-electron chi connectivity index (χ4n) is 1.02. The summed E-state index contributed by atoms with van der Waals surface area (Å²) in [6, 6.07) is 9.54. The van der Waals surface area contributed by atoms with Gasteiger partial charge in [-0.2, -0.15) is 5.26 Å². The van der Waals surface area contributed by atoms with Crippen molar-refractivity contribution < 1.29 is 4.74 Å². The van der Waals surface area contributed by atoms with Crippen molar-refractivity contribution >= 4 is 20.4 Å². The average molecular weight is 252 g/mol. The number of benzene rings is 1. The normalized spacial score (nSPS) is 10.8. The topological polar surface area (TPSA) is 33.0 Å². The zero-order valence-electron chi connectivity index (χ0n) is 7.83. The molecule has 72 valence electrons. The Morgan fingerprint density at radius 3 is 2.64 bits per heavy atom. The van der Waals surface area contributed by atoms with Crippen LogP contribution in [-0.2, 0) is 0 Å². The van der Waals surface area contributed by atoms with Crippen molar-refractivity contribution in [2.75, 3.05) is 6.61 Å². The molecular formula is C11H10BrNO. The van der Waals surface area contributed by atoms with Crippen molar-refractivity contribution in [3.8, 4) is 11.8 Å². The second kappa shape index (κ2) is 5.46. The molecule has 1 aromatic rings. The molecule has 0 aliphatic carbocycles. The van der Waals surface area contributed by atoms with E-state index in [9.17, 15) is 0 Å². The number of nitrogens with zero attached hydrogens (tertiary/aromatic N) is 1. The van der Waals surface area contributed by atoms with Gasteiger partial charge in [-0.15, -0.1) is 0 Å². The van der Waals surface area contributed by atoms with Gasteiger partial charge < -0.3 is 4.74 Å². The number of rotatable bonds is 3. The number of hydrogen-bond donors (Lipinski definition) is 0. The molecule has 0 amide bonds. The molecule has 0 aliphatic rings. The van der Waals surface area contributed by atoms with Gasteiger partial charge in [0.15, 0.2) is 0 Å². The summed E-state index contributed by atoms with van der Waals surface area (Å²) < 4.78 is 6.08. The molecular weight excluding hydrogens is 242 g/mol. The summed E-state index contributed by atoms with van der Waals surface area (Å²) in [6.45, 7) is 2.61. The van der Waals surface area contributed by atoms with Gasteiger partial charge in [0.2, 0.25) is 0 Å². The zero-order chi connectivity index (χ0) is 10.4. The summed E-state index contributed by atoms with van der Waals surface area (Å²) in [5.41, 5.74) is 0.968. The van der Waals surface area contributed by atoms with E-state index in [0.29, 0.717) is 6.61 Å².